The van der Waals surface area contributed by atoms with Crippen LogP contribution in [0.3, 0.4) is 0 Å². The van der Waals surface area contributed by atoms with Crippen LogP contribution >= 0.6 is 0 Å². The Hall–Kier alpha value is -3.63. The maximum Gasteiger partial charge on any atom is 0.308 e. The van der Waals surface area contributed by atoms with Crippen LogP contribution in [-0.4, -0.2) is 26.8 Å². The van der Waals surface area contributed by atoms with E-state index in [-0.39, 0.29) is 6.54 Å². The molecular weight excluding hydrogens is 466 g/mol. The molecule has 0 aliphatic heterocycles. The molecule has 0 bridgehead atoms. The number of aryl methyl sites for hydroxylation is 1. The highest BCUT2D eigenvalue weighted by atomic mass is 32.2. The zero-order valence-electron chi connectivity index (χ0n) is 18.1. The SMILES string of the molecule is Cc1ccc(NC(=O)C(OC(=O)CCNS(=O)(=O)c2ccc(F)c(F)c2)c2ccccc2)cc1. The van der Waals surface area contributed by atoms with Gasteiger partial charge in [-0.3, -0.25) is 9.59 Å². The third-order valence-electron chi connectivity index (χ3n) is 4.73. The third-order valence-corrected chi connectivity index (χ3v) is 6.19. The molecule has 0 aromatic heterocycles. The van der Waals surface area contributed by atoms with Crippen molar-refractivity contribution in [3.05, 3.63) is 95.6 Å². The van der Waals surface area contributed by atoms with Crippen LogP contribution in [0.4, 0.5) is 14.5 Å². The standard InChI is InChI=1S/C24H22F2N2O5S/c1-16-7-9-18(10-8-16)28-24(30)23(17-5-3-2-4-6-17)33-22(29)13-14-27-34(31,32)19-11-12-20(25)21(26)15-19/h2-12,15,23,27H,13-14H2,1H3,(H,28,30). The Morgan fingerprint density at radius 2 is 1.62 bits per heavy atom. The quantitative estimate of drug-likeness (QED) is 0.446. The Morgan fingerprint density at radius 1 is 0.941 bits per heavy atom. The fourth-order valence-corrected chi connectivity index (χ4v) is 3.99. The number of sulfonamides is 1. The van der Waals surface area contributed by atoms with Gasteiger partial charge in [-0.05, 0) is 37.3 Å². The highest BCUT2D eigenvalue weighted by Gasteiger charge is 2.25. The smallest absolute Gasteiger partial charge is 0.308 e. The summed E-state index contributed by atoms with van der Waals surface area (Å²) in [7, 11) is -4.18. The van der Waals surface area contributed by atoms with Crippen molar-refractivity contribution >= 4 is 27.6 Å². The second kappa shape index (κ2) is 11.0. The number of esters is 1. The maximum absolute atomic E-state index is 13.3. The zero-order valence-corrected chi connectivity index (χ0v) is 18.9. The van der Waals surface area contributed by atoms with Gasteiger partial charge in [-0.15, -0.1) is 0 Å². The first-order valence-corrected chi connectivity index (χ1v) is 11.7. The molecule has 3 aromatic rings. The van der Waals surface area contributed by atoms with Gasteiger partial charge >= 0.3 is 5.97 Å². The molecule has 1 atom stereocenters. The number of rotatable bonds is 9. The molecule has 0 aliphatic rings. The molecule has 1 unspecified atom stereocenters. The first-order chi connectivity index (χ1) is 16.2. The van der Waals surface area contributed by atoms with Crippen molar-refractivity contribution in [1.29, 1.82) is 0 Å². The summed E-state index contributed by atoms with van der Waals surface area (Å²) in [6, 6.07) is 17.6. The van der Waals surface area contributed by atoms with E-state index in [9.17, 15) is 26.8 Å². The van der Waals surface area contributed by atoms with E-state index in [1.54, 1.807) is 42.5 Å². The number of ether oxygens (including phenoxy) is 1. The Morgan fingerprint density at radius 3 is 2.26 bits per heavy atom. The first-order valence-electron chi connectivity index (χ1n) is 10.2. The van der Waals surface area contributed by atoms with E-state index in [4.69, 9.17) is 4.74 Å². The normalized spacial score (nSPS) is 12.1. The molecule has 10 heteroatoms. The van der Waals surface area contributed by atoms with Gasteiger partial charge in [0.2, 0.25) is 16.1 Å². The second-order valence-corrected chi connectivity index (χ2v) is 9.13. The van der Waals surface area contributed by atoms with Gasteiger partial charge < -0.3 is 10.1 Å². The molecule has 3 rings (SSSR count). The van der Waals surface area contributed by atoms with E-state index < -0.39 is 51.0 Å². The highest BCUT2D eigenvalue weighted by molar-refractivity contribution is 7.89. The molecule has 178 valence electrons. The summed E-state index contributed by atoms with van der Waals surface area (Å²) in [6.45, 7) is 1.53. The number of amides is 1. The second-order valence-electron chi connectivity index (χ2n) is 7.36. The molecule has 3 aromatic carbocycles. The lowest BCUT2D eigenvalue weighted by Crippen LogP contribution is -2.29. The topological polar surface area (TPSA) is 102 Å². The maximum atomic E-state index is 13.3. The minimum absolute atomic E-state index is 0.374. The summed E-state index contributed by atoms with van der Waals surface area (Å²) in [5, 5.41) is 2.69. The fourth-order valence-electron chi connectivity index (χ4n) is 2.95. The van der Waals surface area contributed by atoms with Crippen molar-refractivity contribution in [3.63, 3.8) is 0 Å². The minimum atomic E-state index is -4.18. The summed E-state index contributed by atoms with van der Waals surface area (Å²) >= 11 is 0. The Labute approximate surface area is 195 Å². The Bertz CT molecular complexity index is 1270. The lowest BCUT2D eigenvalue weighted by Gasteiger charge is -2.18. The number of carbonyl (C=O) groups is 2. The average Bonchev–Trinajstić information content (AvgIpc) is 2.81. The predicted octanol–water partition coefficient (Wildman–Crippen LogP) is 3.86. The Kier molecular flexibility index (Phi) is 8.08. The van der Waals surface area contributed by atoms with E-state index in [0.717, 1.165) is 11.6 Å². The number of hydrogen-bond donors (Lipinski definition) is 2. The van der Waals surface area contributed by atoms with Crippen molar-refractivity contribution < 1.29 is 31.5 Å². The molecule has 0 saturated carbocycles. The Balaban J connectivity index is 1.64. The summed E-state index contributed by atoms with van der Waals surface area (Å²) in [6.07, 6.45) is -1.66. The molecule has 0 heterocycles. The molecule has 1 amide bonds. The van der Waals surface area contributed by atoms with Crippen LogP contribution in [0, 0.1) is 18.6 Å². The minimum Gasteiger partial charge on any atom is -0.447 e. The summed E-state index contributed by atoms with van der Waals surface area (Å²) in [5.74, 6) is -3.90. The molecule has 34 heavy (non-hydrogen) atoms. The number of benzene rings is 3. The number of anilines is 1. The van der Waals surface area contributed by atoms with Gasteiger partial charge in [-0.25, -0.2) is 21.9 Å². The molecule has 2 N–H and O–H groups in total. The largest absolute Gasteiger partial charge is 0.447 e. The van der Waals surface area contributed by atoms with Gasteiger partial charge in [0.05, 0.1) is 11.3 Å². The van der Waals surface area contributed by atoms with Crippen molar-refractivity contribution in [2.45, 2.75) is 24.3 Å². The number of halogens is 2. The van der Waals surface area contributed by atoms with Crippen molar-refractivity contribution in [2.24, 2.45) is 0 Å². The number of hydrogen-bond acceptors (Lipinski definition) is 5. The summed E-state index contributed by atoms with van der Waals surface area (Å²) in [5.41, 5.74) is 1.96. The molecule has 0 spiro atoms. The fraction of sp³-hybridized carbons (Fsp3) is 0.167. The predicted molar refractivity (Wildman–Crippen MR) is 121 cm³/mol. The van der Waals surface area contributed by atoms with Crippen LogP contribution < -0.4 is 10.0 Å². The summed E-state index contributed by atoms with van der Waals surface area (Å²) in [4.78, 5) is 24.8. The van der Waals surface area contributed by atoms with E-state index in [2.05, 4.69) is 10.0 Å². The van der Waals surface area contributed by atoms with E-state index in [1.165, 1.54) is 0 Å². The first kappa shape index (κ1) is 25.0. The van der Waals surface area contributed by atoms with Crippen molar-refractivity contribution in [3.8, 4) is 0 Å². The van der Waals surface area contributed by atoms with Gasteiger partial charge in [0.1, 0.15) is 0 Å². The van der Waals surface area contributed by atoms with E-state index in [1.807, 2.05) is 19.1 Å². The van der Waals surface area contributed by atoms with Gasteiger partial charge in [0.25, 0.3) is 5.91 Å². The zero-order chi connectivity index (χ0) is 24.7. The lowest BCUT2D eigenvalue weighted by molar-refractivity contribution is -0.154. The monoisotopic (exact) mass is 488 g/mol. The van der Waals surface area contributed by atoms with Gasteiger partial charge in [0, 0.05) is 17.8 Å². The van der Waals surface area contributed by atoms with Crippen molar-refractivity contribution in [1.82, 2.24) is 4.72 Å². The van der Waals surface area contributed by atoms with Crippen molar-refractivity contribution in [2.75, 3.05) is 11.9 Å². The van der Waals surface area contributed by atoms with Gasteiger partial charge in [0.15, 0.2) is 11.6 Å². The van der Waals surface area contributed by atoms with Crippen LogP contribution in [-0.2, 0) is 24.3 Å². The lowest BCUT2D eigenvalue weighted by atomic mass is 10.1. The van der Waals surface area contributed by atoms with Gasteiger partial charge in [-0.2, -0.15) is 0 Å². The molecule has 0 radical (unpaired) electrons. The van der Waals surface area contributed by atoms with Crippen LogP contribution in [0.2, 0.25) is 0 Å². The molecular formula is C24H22F2N2O5S. The summed E-state index contributed by atoms with van der Waals surface area (Å²) < 4.78 is 58.3. The average molecular weight is 489 g/mol. The van der Waals surface area contributed by atoms with E-state index >= 15 is 0 Å². The number of carbonyl (C=O) groups excluding carboxylic acids is 2. The van der Waals surface area contributed by atoms with Crippen LogP contribution in [0.5, 0.6) is 0 Å². The van der Waals surface area contributed by atoms with Crippen LogP contribution in [0.15, 0.2) is 77.7 Å². The van der Waals surface area contributed by atoms with E-state index in [0.29, 0.717) is 23.4 Å². The van der Waals surface area contributed by atoms with Gasteiger partial charge in [-0.1, -0.05) is 48.0 Å². The molecule has 7 nitrogen and oxygen atoms in total. The van der Waals surface area contributed by atoms with Crippen LogP contribution in [0.25, 0.3) is 0 Å². The molecule has 0 fully saturated rings. The number of nitrogens with one attached hydrogen (secondary N) is 2. The highest BCUT2D eigenvalue weighted by Crippen LogP contribution is 2.21. The molecule has 0 aliphatic carbocycles. The van der Waals surface area contributed by atoms with Crippen LogP contribution in [0.1, 0.15) is 23.7 Å². The third kappa shape index (κ3) is 6.69. The molecule has 0 saturated heterocycles.